The number of nitrogens with zero attached hydrogens (tertiary/aromatic N) is 1. The molecule has 3 rings (SSSR count). The van der Waals surface area contributed by atoms with Crippen LogP contribution < -0.4 is 5.32 Å². The third-order valence-corrected chi connectivity index (χ3v) is 5.24. The number of aryl methyl sites for hydroxylation is 1. The van der Waals surface area contributed by atoms with Crippen LogP contribution >= 0.6 is 0 Å². The molecule has 0 bridgehead atoms. The molecule has 2 aliphatic heterocycles. The molecule has 0 spiro atoms. The normalized spacial score (nSPS) is 30.2. The van der Waals surface area contributed by atoms with Crippen LogP contribution in [0.4, 0.5) is 0 Å². The zero-order valence-corrected chi connectivity index (χ0v) is 15.3. The van der Waals surface area contributed by atoms with Crippen molar-refractivity contribution < 1.29 is 9.47 Å². The first kappa shape index (κ1) is 17.9. The average Bonchev–Trinajstić information content (AvgIpc) is 2.55. The number of morpholine rings is 1. The van der Waals surface area contributed by atoms with E-state index < -0.39 is 0 Å². The summed E-state index contributed by atoms with van der Waals surface area (Å²) in [5.41, 5.74) is 2.80. The van der Waals surface area contributed by atoms with Gasteiger partial charge >= 0.3 is 0 Å². The summed E-state index contributed by atoms with van der Waals surface area (Å²) in [4.78, 5) is 2.53. The zero-order valence-electron chi connectivity index (χ0n) is 15.3. The Morgan fingerprint density at radius 2 is 1.79 bits per heavy atom. The molecule has 2 fully saturated rings. The van der Waals surface area contributed by atoms with Gasteiger partial charge in [-0.25, -0.2) is 0 Å². The molecule has 0 aliphatic carbocycles. The number of rotatable bonds is 5. The molecule has 1 N–H and O–H groups in total. The second kappa shape index (κ2) is 8.43. The SMILES string of the molecule is Cc1ccccc1[C@@H](CN1CCOCC1)NC1C[C@@H](C)O[C@@H](C)C1. The van der Waals surface area contributed by atoms with Crippen LogP contribution in [-0.4, -0.2) is 56.0 Å². The van der Waals surface area contributed by atoms with Crippen molar-refractivity contribution in [3.8, 4) is 0 Å². The van der Waals surface area contributed by atoms with Crippen molar-refractivity contribution in [2.45, 2.75) is 57.9 Å². The molecule has 0 aromatic heterocycles. The lowest BCUT2D eigenvalue weighted by Crippen LogP contribution is -2.47. The van der Waals surface area contributed by atoms with Gasteiger partial charge in [0, 0.05) is 31.7 Å². The first-order chi connectivity index (χ1) is 11.6. The van der Waals surface area contributed by atoms with Crippen LogP contribution in [0.15, 0.2) is 24.3 Å². The van der Waals surface area contributed by atoms with Crippen molar-refractivity contribution in [3.05, 3.63) is 35.4 Å². The van der Waals surface area contributed by atoms with E-state index in [9.17, 15) is 0 Å². The van der Waals surface area contributed by atoms with E-state index >= 15 is 0 Å². The molecule has 2 aliphatic rings. The first-order valence-electron chi connectivity index (χ1n) is 9.39. The van der Waals surface area contributed by atoms with Crippen LogP contribution in [-0.2, 0) is 9.47 Å². The molecule has 1 aromatic rings. The summed E-state index contributed by atoms with van der Waals surface area (Å²) in [6, 6.07) is 9.67. The molecule has 24 heavy (non-hydrogen) atoms. The third-order valence-electron chi connectivity index (χ3n) is 5.24. The standard InChI is InChI=1S/C20H32N2O2/c1-15-6-4-5-7-19(15)20(14-22-8-10-23-11-9-22)21-18-12-16(2)24-17(3)13-18/h4-7,16-18,20-21H,8-14H2,1-3H3/t16-,17+,18?,20-/m1/s1. The number of hydrogen-bond acceptors (Lipinski definition) is 4. The molecule has 134 valence electrons. The zero-order chi connectivity index (χ0) is 16.9. The van der Waals surface area contributed by atoms with Gasteiger partial charge in [0.05, 0.1) is 25.4 Å². The van der Waals surface area contributed by atoms with E-state index in [2.05, 4.69) is 55.3 Å². The highest BCUT2D eigenvalue weighted by molar-refractivity contribution is 5.29. The van der Waals surface area contributed by atoms with Gasteiger partial charge in [-0.05, 0) is 44.7 Å². The van der Waals surface area contributed by atoms with Gasteiger partial charge in [0.2, 0.25) is 0 Å². The highest BCUT2D eigenvalue weighted by Gasteiger charge is 2.28. The van der Waals surface area contributed by atoms with Crippen LogP contribution in [0, 0.1) is 6.92 Å². The topological polar surface area (TPSA) is 33.7 Å². The van der Waals surface area contributed by atoms with E-state index in [1.807, 2.05) is 0 Å². The highest BCUT2D eigenvalue weighted by Crippen LogP contribution is 2.25. The molecule has 0 saturated carbocycles. The van der Waals surface area contributed by atoms with Gasteiger partial charge in [-0.1, -0.05) is 24.3 Å². The molecule has 1 unspecified atom stereocenters. The van der Waals surface area contributed by atoms with Crippen LogP contribution in [0.2, 0.25) is 0 Å². The summed E-state index contributed by atoms with van der Waals surface area (Å²) in [6.07, 6.45) is 2.87. The first-order valence-corrected chi connectivity index (χ1v) is 9.39. The molecule has 4 heteroatoms. The molecular weight excluding hydrogens is 300 g/mol. The van der Waals surface area contributed by atoms with E-state index in [0.29, 0.717) is 24.3 Å². The second-order valence-corrected chi connectivity index (χ2v) is 7.41. The smallest absolute Gasteiger partial charge is 0.0594 e. The van der Waals surface area contributed by atoms with Crippen molar-refractivity contribution in [1.29, 1.82) is 0 Å². The van der Waals surface area contributed by atoms with Gasteiger partial charge in [0.15, 0.2) is 0 Å². The summed E-state index contributed by atoms with van der Waals surface area (Å²) >= 11 is 0. The van der Waals surface area contributed by atoms with Gasteiger partial charge in [-0.15, -0.1) is 0 Å². The number of hydrogen-bond donors (Lipinski definition) is 1. The maximum atomic E-state index is 5.91. The minimum atomic E-state index is 0.340. The Bertz CT molecular complexity index is 506. The number of benzene rings is 1. The predicted octanol–water partition coefficient (Wildman–Crippen LogP) is 2.91. The van der Waals surface area contributed by atoms with Crippen LogP contribution in [0.5, 0.6) is 0 Å². The van der Waals surface area contributed by atoms with Crippen molar-refractivity contribution in [2.75, 3.05) is 32.8 Å². The maximum absolute atomic E-state index is 5.91. The van der Waals surface area contributed by atoms with Crippen molar-refractivity contribution >= 4 is 0 Å². The Kier molecular flexibility index (Phi) is 6.28. The number of nitrogens with one attached hydrogen (secondary N) is 1. The lowest BCUT2D eigenvalue weighted by atomic mass is 9.95. The van der Waals surface area contributed by atoms with E-state index in [4.69, 9.17) is 9.47 Å². The molecule has 2 saturated heterocycles. The van der Waals surface area contributed by atoms with Crippen LogP contribution in [0.3, 0.4) is 0 Å². The van der Waals surface area contributed by atoms with Gasteiger partial charge in [0.1, 0.15) is 0 Å². The largest absolute Gasteiger partial charge is 0.379 e. The Labute approximate surface area is 146 Å². The fourth-order valence-corrected chi connectivity index (χ4v) is 4.09. The second-order valence-electron chi connectivity index (χ2n) is 7.41. The van der Waals surface area contributed by atoms with Crippen molar-refractivity contribution in [3.63, 3.8) is 0 Å². The van der Waals surface area contributed by atoms with Crippen LogP contribution in [0.1, 0.15) is 43.9 Å². The molecule has 1 aromatic carbocycles. The number of ether oxygens (including phenoxy) is 2. The molecular formula is C20H32N2O2. The Balaban J connectivity index is 1.72. The lowest BCUT2D eigenvalue weighted by Gasteiger charge is -2.37. The van der Waals surface area contributed by atoms with E-state index in [1.54, 1.807) is 0 Å². The lowest BCUT2D eigenvalue weighted by molar-refractivity contribution is -0.0447. The van der Waals surface area contributed by atoms with E-state index in [1.165, 1.54) is 11.1 Å². The highest BCUT2D eigenvalue weighted by atomic mass is 16.5. The van der Waals surface area contributed by atoms with Gasteiger partial charge < -0.3 is 14.8 Å². The van der Waals surface area contributed by atoms with Gasteiger partial charge in [-0.2, -0.15) is 0 Å². The Morgan fingerprint density at radius 3 is 2.46 bits per heavy atom. The Morgan fingerprint density at radius 1 is 1.12 bits per heavy atom. The van der Waals surface area contributed by atoms with E-state index in [0.717, 1.165) is 45.7 Å². The monoisotopic (exact) mass is 332 g/mol. The molecule has 4 nitrogen and oxygen atoms in total. The fourth-order valence-electron chi connectivity index (χ4n) is 4.09. The molecule has 2 heterocycles. The average molecular weight is 332 g/mol. The van der Waals surface area contributed by atoms with Gasteiger partial charge in [0.25, 0.3) is 0 Å². The quantitative estimate of drug-likeness (QED) is 0.899. The fraction of sp³-hybridized carbons (Fsp3) is 0.700. The summed E-state index contributed by atoms with van der Waals surface area (Å²) < 4.78 is 11.4. The van der Waals surface area contributed by atoms with E-state index in [-0.39, 0.29) is 0 Å². The molecule has 0 amide bonds. The predicted molar refractivity (Wildman–Crippen MR) is 97.3 cm³/mol. The summed E-state index contributed by atoms with van der Waals surface area (Å²) in [5, 5.41) is 3.96. The minimum Gasteiger partial charge on any atom is -0.379 e. The third kappa shape index (κ3) is 4.79. The minimum absolute atomic E-state index is 0.340. The van der Waals surface area contributed by atoms with Crippen molar-refractivity contribution in [1.82, 2.24) is 10.2 Å². The van der Waals surface area contributed by atoms with Gasteiger partial charge in [-0.3, -0.25) is 4.90 Å². The maximum Gasteiger partial charge on any atom is 0.0594 e. The summed E-state index contributed by atoms with van der Waals surface area (Å²) in [6.45, 7) is 11.4. The Hall–Kier alpha value is -0.940. The summed E-state index contributed by atoms with van der Waals surface area (Å²) in [7, 11) is 0. The molecule has 4 atom stereocenters. The van der Waals surface area contributed by atoms with Crippen LogP contribution in [0.25, 0.3) is 0 Å². The summed E-state index contributed by atoms with van der Waals surface area (Å²) in [5.74, 6) is 0. The molecule has 0 radical (unpaired) electrons. The van der Waals surface area contributed by atoms with Crippen molar-refractivity contribution in [2.24, 2.45) is 0 Å².